The number of hydrogen-bond acceptors (Lipinski definition) is 1. The van der Waals surface area contributed by atoms with Gasteiger partial charge in [0.15, 0.2) is 0 Å². The maximum Gasteiger partial charge on any atom is 0.0955 e. The first-order valence-corrected chi connectivity index (χ1v) is 7.83. The Balaban J connectivity index is 2.05. The van der Waals surface area contributed by atoms with Gasteiger partial charge in [-0.3, -0.25) is 4.98 Å². The Morgan fingerprint density at radius 3 is 2.35 bits per heavy atom. The first kappa shape index (κ1) is 11.4. The zero-order valence-corrected chi connectivity index (χ0v) is 12.3. The van der Waals surface area contributed by atoms with E-state index in [1.807, 2.05) is 6.20 Å². The van der Waals surface area contributed by atoms with E-state index in [-0.39, 0.29) is 0 Å². The van der Waals surface area contributed by atoms with Crippen LogP contribution < -0.4 is 0 Å². The average molecular weight is 292 g/mol. The molecule has 0 fully saturated rings. The molecule has 0 saturated carbocycles. The van der Waals surface area contributed by atoms with Gasteiger partial charge < -0.3 is 4.40 Å². The van der Waals surface area contributed by atoms with Crippen LogP contribution in [0.1, 0.15) is 0 Å². The lowest BCUT2D eigenvalue weighted by Gasteiger charge is -2.13. The maximum atomic E-state index is 4.73. The molecule has 0 N–H and O–H groups in total. The zero-order chi connectivity index (χ0) is 15.0. The maximum absolute atomic E-state index is 4.73. The second-order valence-electron chi connectivity index (χ2n) is 6.15. The molecule has 2 nitrogen and oxygen atoms in total. The van der Waals surface area contributed by atoms with Crippen LogP contribution in [0.2, 0.25) is 0 Å². The van der Waals surface area contributed by atoms with Crippen LogP contribution >= 0.6 is 0 Å². The van der Waals surface area contributed by atoms with E-state index >= 15 is 0 Å². The van der Waals surface area contributed by atoms with Crippen molar-refractivity contribution in [1.82, 2.24) is 9.38 Å². The quantitative estimate of drug-likeness (QED) is 0.271. The van der Waals surface area contributed by atoms with Crippen molar-refractivity contribution in [1.29, 1.82) is 0 Å². The van der Waals surface area contributed by atoms with Crippen molar-refractivity contribution in [2.45, 2.75) is 0 Å². The molecule has 0 aliphatic carbocycles. The van der Waals surface area contributed by atoms with Crippen molar-refractivity contribution in [2.75, 3.05) is 0 Å². The molecule has 0 radical (unpaired) electrons. The van der Waals surface area contributed by atoms with E-state index < -0.39 is 0 Å². The van der Waals surface area contributed by atoms with Crippen molar-refractivity contribution >= 4 is 49.0 Å². The van der Waals surface area contributed by atoms with Crippen LogP contribution in [0.4, 0.5) is 0 Å². The molecule has 0 unspecified atom stereocenters. The second kappa shape index (κ2) is 3.79. The minimum absolute atomic E-state index is 1.08. The van der Waals surface area contributed by atoms with E-state index in [4.69, 9.17) is 4.98 Å². The highest BCUT2D eigenvalue weighted by Crippen LogP contribution is 2.35. The normalized spacial score (nSPS) is 12.3. The van der Waals surface area contributed by atoms with Gasteiger partial charge in [0.1, 0.15) is 0 Å². The van der Waals surface area contributed by atoms with E-state index in [1.165, 1.54) is 43.5 Å². The molecule has 2 heteroatoms. The smallest absolute Gasteiger partial charge is 0.0955 e. The molecule has 106 valence electrons. The molecule has 0 spiro atoms. The number of pyridine rings is 3. The molecule has 23 heavy (non-hydrogen) atoms. The topological polar surface area (TPSA) is 17.3 Å². The van der Waals surface area contributed by atoms with Crippen molar-refractivity contribution in [2.24, 2.45) is 0 Å². The summed E-state index contributed by atoms with van der Waals surface area (Å²) in [5.41, 5.74) is 4.78. The van der Waals surface area contributed by atoms with Crippen molar-refractivity contribution < 1.29 is 0 Å². The minimum Gasteiger partial charge on any atom is -0.307 e. The summed E-state index contributed by atoms with van der Waals surface area (Å²) >= 11 is 0. The predicted molar refractivity (Wildman–Crippen MR) is 96.4 cm³/mol. The number of hydrogen-bond donors (Lipinski definition) is 0. The second-order valence-corrected chi connectivity index (χ2v) is 6.15. The van der Waals surface area contributed by atoms with Crippen LogP contribution in [0, 0.1) is 0 Å². The summed E-state index contributed by atoms with van der Waals surface area (Å²) in [6.45, 7) is 0. The largest absolute Gasteiger partial charge is 0.307 e. The summed E-state index contributed by atoms with van der Waals surface area (Å²) in [4.78, 5) is 4.73. The van der Waals surface area contributed by atoms with Crippen LogP contribution in [0.25, 0.3) is 49.0 Å². The van der Waals surface area contributed by atoms with E-state index in [9.17, 15) is 0 Å². The Bertz CT molecular complexity index is 1360. The van der Waals surface area contributed by atoms with Gasteiger partial charge in [0, 0.05) is 27.9 Å². The molecule has 0 aliphatic rings. The molecule has 4 heterocycles. The highest BCUT2D eigenvalue weighted by Gasteiger charge is 2.14. The van der Waals surface area contributed by atoms with Crippen LogP contribution in [-0.4, -0.2) is 9.38 Å². The lowest BCUT2D eigenvalue weighted by atomic mass is 10.0. The molecule has 0 atom stereocenters. The van der Waals surface area contributed by atoms with Gasteiger partial charge in [-0.1, -0.05) is 30.3 Å². The third-order valence-corrected chi connectivity index (χ3v) is 4.94. The number of nitrogens with zero attached hydrogens (tertiary/aromatic N) is 2. The number of rotatable bonds is 0. The third kappa shape index (κ3) is 1.32. The minimum atomic E-state index is 1.08. The monoisotopic (exact) mass is 292 g/mol. The molecule has 0 aliphatic heterocycles. The number of aromatic nitrogens is 2. The molecule has 4 aromatic heterocycles. The highest BCUT2D eigenvalue weighted by molar-refractivity contribution is 6.19. The van der Waals surface area contributed by atoms with Gasteiger partial charge in [0.25, 0.3) is 0 Å². The van der Waals surface area contributed by atoms with Crippen molar-refractivity contribution in [3.8, 4) is 0 Å². The van der Waals surface area contributed by atoms with Gasteiger partial charge in [0.2, 0.25) is 0 Å². The van der Waals surface area contributed by atoms with Gasteiger partial charge in [-0.15, -0.1) is 0 Å². The fraction of sp³-hybridized carbons (Fsp3) is 0. The average Bonchev–Trinajstić information content (AvgIpc) is 3.04. The highest BCUT2D eigenvalue weighted by atomic mass is 14.9. The van der Waals surface area contributed by atoms with E-state index in [2.05, 4.69) is 71.1 Å². The van der Waals surface area contributed by atoms with Crippen molar-refractivity contribution in [3.05, 3.63) is 72.9 Å². The van der Waals surface area contributed by atoms with E-state index in [1.54, 1.807) is 0 Å². The predicted octanol–water partition coefficient (Wildman–Crippen LogP) is 5.38. The SMILES string of the molecule is c1ccc2cc3c(cc2c1)c1nccc2ccc4ccc3n4c21. The molecule has 0 bridgehead atoms. The molecule has 6 rings (SSSR count). The molecule has 0 saturated heterocycles. The Morgan fingerprint density at radius 1 is 0.696 bits per heavy atom. The van der Waals surface area contributed by atoms with E-state index in [0.29, 0.717) is 0 Å². The van der Waals surface area contributed by atoms with E-state index in [0.717, 1.165) is 5.52 Å². The van der Waals surface area contributed by atoms with Gasteiger partial charge in [-0.05, 0) is 47.2 Å². The van der Waals surface area contributed by atoms with Gasteiger partial charge in [-0.2, -0.15) is 0 Å². The van der Waals surface area contributed by atoms with Crippen LogP contribution in [0.5, 0.6) is 0 Å². The summed E-state index contributed by atoms with van der Waals surface area (Å²) in [5, 5.41) is 6.26. The first-order valence-electron chi connectivity index (χ1n) is 7.83. The summed E-state index contributed by atoms with van der Waals surface area (Å²) in [7, 11) is 0. The van der Waals surface area contributed by atoms with Crippen LogP contribution in [-0.2, 0) is 0 Å². The first-order chi connectivity index (χ1) is 11.4. The van der Waals surface area contributed by atoms with Crippen molar-refractivity contribution in [3.63, 3.8) is 0 Å². The fourth-order valence-electron chi connectivity index (χ4n) is 3.90. The molecule has 2 aromatic carbocycles. The van der Waals surface area contributed by atoms with Gasteiger partial charge in [0.05, 0.1) is 16.6 Å². The lowest BCUT2D eigenvalue weighted by molar-refractivity contribution is 1.31. The Labute approximate surface area is 131 Å². The molecule has 0 amide bonds. The number of fused-ring (bicyclic) bond motifs is 4. The molecular weight excluding hydrogens is 280 g/mol. The fourth-order valence-corrected chi connectivity index (χ4v) is 3.90. The molecule has 6 aromatic rings. The van der Waals surface area contributed by atoms with Gasteiger partial charge in [-0.25, -0.2) is 0 Å². The zero-order valence-electron chi connectivity index (χ0n) is 12.3. The van der Waals surface area contributed by atoms with Crippen LogP contribution in [0.15, 0.2) is 72.9 Å². The third-order valence-electron chi connectivity index (χ3n) is 4.94. The Kier molecular flexibility index (Phi) is 1.89. The van der Waals surface area contributed by atoms with Gasteiger partial charge >= 0.3 is 0 Å². The summed E-state index contributed by atoms with van der Waals surface area (Å²) < 4.78 is 2.34. The standard InChI is InChI=1S/C21H12N2/c1-2-4-15-12-18-17(11-14(15)3-1)19-8-7-16-6-5-13-9-10-22-20(18)21(13)23(16)19/h1-12H. The lowest BCUT2D eigenvalue weighted by Crippen LogP contribution is -1.95. The molecular formula is C21H12N2. The van der Waals surface area contributed by atoms with Crippen LogP contribution in [0.3, 0.4) is 0 Å². The number of benzene rings is 2. The summed E-state index contributed by atoms with van der Waals surface area (Å²) in [6.07, 6.45) is 1.91. The Hall–Kier alpha value is -3.13. The summed E-state index contributed by atoms with van der Waals surface area (Å²) in [5.74, 6) is 0. The summed E-state index contributed by atoms with van der Waals surface area (Å²) in [6, 6.07) is 24.0. The Morgan fingerprint density at radius 2 is 1.48 bits per heavy atom.